The number of rotatable bonds is 3. The van der Waals surface area contributed by atoms with Gasteiger partial charge in [0.05, 0.1) is 17.8 Å². The van der Waals surface area contributed by atoms with Gasteiger partial charge in [0.1, 0.15) is 12.4 Å². The van der Waals surface area contributed by atoms with Gasteiger partial charge in [0, 0.05) is 12.2 Å². The molecule has 2 heterocycles. The number of aliphatic hydroxyl groups excluding tert-OH is 1. The van der Waals surface area contributed by atoms with Gasteiger partial charge >= 0.3 is 0 Å². The van der Waals surface area contributed by atoms with Crippen molar-refractivity contribution in [1.82, 2.24) is 14.7 Å². The first-order valence-corrected chi connectivity index (χ1v) is 7.68. The summed E-state index contributed by atoms with van der Waals surface area (Å²) < 4.78 is 14.8. The Hall–Kier alpha value is -2.21. The summed E-state index contributed by atoms with van der Waals surface area (Å²) in [6, 6.07) is 7.79. The average Bonchev–Trinajstić information content (AvgIpc) is 3.02. The number of aliphatic hydroxyl groups is 1. The number of aromatic nitrogens is 2. The molecule has 3 rings (SSSR count). The van der Waals surface area contributed by atoms with Crippen LogP contribution in [0.3, 0.4) is 0 Å². The molecule has 1 aliphatic rings. The van der Waals surface area contributed by atoms with E-state index in [9.17, 15) is 14.3 Å². The molecule has 1 aromatic heterocycles. The zero-order valence-electron chi connectivity index (χ0n) is 13.2. The highest BCUT2D eigenvalue weighted by molar-refractivity contribution is 5.77. The van der Waals surface area contributed by atoms with E-state index in [2.05, 4.69) is 5.10 Å². The van der Waals surface area contributed by atoms with E-state index in [1.807, 2.05) is 19.9 Å². The standard InChI is InChI=1S/C17H20FN3O2/c1-11-7-12(2)21(19-11)10-17(23)20-9-15(22)8-16(20)13-3-5-14(18)6-4-13/h3-7,15-16,22H,8-10H2,1-2H3/t15-,16-/m1/s1. The molecule has 23 heavy (non-hydrogen) atoms. The highest BCUT2D eigenvalue weighted by Gasteiger charge is 2.35. The number of amides is 1. The fourth-order valence-electron chi connectivity index (χ4n) is 3.14. The number of hydrogen-bond acceptors (Lipinski definition) is 3. The Balaban J connectivity index is 1.80. The summed E-state index contributed by atoms with van der Waals surface area (Å²) in [5, 5.41) is 14.3. The normalized spacial score (nSPS) is 21.0. The van der Waals surface area contributed by atoms with E-state index in [1.165, 1.54) is 12.1 Å². The molecule has 1 amide bonds. The quantitative estimate of drug-likeness (QED) is 0.941. The Labute approximate surface area is 134 Å². The van der Waals surface area contributed by atoms with Gasteiger partial charge in [-0.15, -0.1) is 0 Å². The molecule has 122 valence electrons. The molecule has 1 saturated heterocycles. The number of nitrogens with zero attached hydrogens (tertiary/aromatic N) is 3. The third-order valence-electron chi connectivity index (χ3n) is 4.24. The van der Waals surface area contributed by atoms with Gasteiger partial charge in [-0.25, -0.2) is 4.39 Å². The van der Waals surface area contributed by atoms with Crippen molar-refractivity contribution in [3.63, 3.8) is 0 Å². The molecule has 2 aromatic rings. The highest BCUT2D eigenvalue weighted by atomic mass is 19.1. The predicted octanol–water partition coefficient (Wildman–Crippen LogP) is 1.97. The Morgan fingerprint density at radius 1 is 1.35 bits per heavy atom. The molecule has 2 atom stereocenters. The highest BCUT2D eigenvalue weighted by Crippen LogP contribution is 2.32. The molecule has 0 radical (unpaired) electrons. The molecule has 1 aliphatic heterocycles. The van der Waals surface area contributed by atoms with Crippen molar-refractivity contribution in [1.29, 1.82) is 0 Å². The number of carbonyl (C=O) groups is 1. The maximum Gasteiger partial charge on any atom is 0.244 e. The minimum Gasteiger partial charge on any atom is -0.391 e. The number of aryl methyl sites for hydroxylation is 2. The molecule has 5 nitrogen and oxygen atoms in total. The molecule has 0 unspecified atom stereocenters. The minimum absolute atomic E-state index is 0.0953. The molecule has 0 aliphatic carbocycles. The summed E-state index contributed by atoms with van der Waals surface area (Å²) in [5.74, 6) is -0.408. The van der Waals surface area contributed by atoms with E-state index in [-0.39, 0.29) is 24.3 Å². The van der Waals surface area contributed by atoms with Crippen LogP contribution >= 0.6 is 0 Å². The number of halogens is 1. The van der Waals surface area contributed by atoms with Crippen LogP contribution < -0.4 is 0 Å². The van der Waals surface area contributed by atoms with E-state index in [0.717, 1.165) is 17.0 Å². The van der Waals surface area contributed by atoms with Crippen molar-refractivity contribution < 1.29 is 14.3 Å². The van der Waals surface area contributed by atoms with E-state index >= 15 is 0 Å². The predicted molar refractivity (Wildman–Crippen MR) is 83.2 cm³/mol. The van der Waals surface area contributed by atoms with Crippen molar-refractivity contribution >= 4 is 5.91 Å². The fraction of sp³-hybridized carbons (Fsp3) is 0.412. The Morgan fingerprint density at radius 2 is 2.04 bits per heavy atom. The minimum atomic E-state index is -0.561. The van der Waals surface area contributed by atoms with Crippen LogP contribution in [0.1, 0.15) is 29.4 Å². The lowest BCUT2D eigenvalue weighted by Crippen LogP contribution is -2.35. The summed E-state index contributed by atoms with van der Waals surface area (Å²) >= 11 is 0. The zero-order valence-corrected chi connectivity index (χ0v) is 13.2. The van der Waals surface area contributed by atoms with Gasteiger partial charge in [-0.3, -0.25) is 9.48 Å². The number of carbonyl (C=O) groups excluding carboxylic acids is 1. The van der Waals surface area contributed by atoms with Crippen molar-refractivity contribution in [2.75, 3.05) is 6.54 Å². The summed E-state index contributed by atoms with van der Waals surface area (Å²) in [6.07, 6.45) is -0.0939. The molecule has 0 bridgehead atoms. The first-order valence-electron chi connectivity index (χ1n) is 7.68. The summed E-state index contributed by atoms with van der Waals surface area (Å²) in [5.41, 5.74) is 2.63. The zero-order chi connectivity index (χ0) is 16.6. The second-order valence-corrected chi connectivity index (χ2v) is 6.09. The topological polar surface area (TPSA) is 58.4 Å². The van der Waals surface area contributed by atoms with Crippen LogP contribution in [0.15, 0.2) is 30.3 Å². The lowest BCUT2D eigenvalue weighted by atomic mass is 10.0. The van der Waals surface area contributed by atoms with Gasteiger partial charge in [0.2, 0.25) is 5.91 Å². The molecule has 0 spiro atoms. The molecule has 1 N–H and O–H groups in total. The van der Waals surface area contributed by atoms with Gasteiger partial charge < -0.3 is 10.0 Å². The van der Waals surface area contributed by atoms with Crippen molar-refractivity contribution in [3.8, 4) is 0 Å². The first-order chi connectivity index (χ1) is 10.9. The van der Waals surface area contributed by atoms with Crippen LogP contribution in [0.5, 0.6) is 0 Å². The Morgan fingerprint density at radius 3 is 2.65 bits per heavy atom. The number of hydrogen-bond donors (Lipinski definition) is 1. The van der Waals surface area contributed by atoms with Gasteiger partial charge in [-0.2, -0.15) is 5.10 Å². The first kappa shape index (κ1) is 15.7. The van der Waals surface area contributed by atoms with Gasteiger partial charge in [0.15, 0.2) is 0 Å². The van der Waals surface area contributed by atoms with Gasteiger partial charge in [0.25, 0.3) is 0 Å². The van der Waals surface area contributed by atoms with Crippen molar-refractivity contribution in [2.24, 2.45) is 0 Å². The largest absolute Gasteiger partial charge is 0.391 e. The lowest BCUT2D eigenvalue weighted by Gasteiger charge is -2.25. The fourth-order valence-corrected chi connectivity index (χ4v) is 3.14. The SMILES string of the molecule is Cc1cc(C)n(CC(=O)N2C[C@H](O)C[C@@H]2c2ccc(F)cc2)n1. The van der Waals surface area contributed by atoms with Crippen LogP contribution in [0.2, 0.25) is 0 Å². The molecule has 0 saturated carbocycles. The van der Waals surface area contributed by atoms with Gasteiger partial charge in [-0.05, 0) is 44.0 Å². The summed E-state index contributed by atoms with van der Waals surface area (Å²) in [6.45, 7) is 4.22. The van der Waals surface area contributed by atoms with Crippen LogP contribution in [0.4, 0.5) is 4.39 Å². The third-order valence-corrected chi connectivity index (χ3v) is 4.24. The molecule has 1 fully saturated rings. The van der Waals surface area contributed by atoms with Crippen molar-refractivity contribution in [2.45, 2.75) is 39.0 Å². The third kappa shape index (κ3) is 3.27. The van der Waals surface area contributed by atoms with E-state index in [4.69, 9.17) is 0 Å². The number of likely N-dealkylation sites (tertiary alicyclic amines) is 1. The van der Waals surface area contributed by atoms with Crippen LogP contribution in [0.25, 0.3) is 0 Å². The molecular weight excluding hydrogens is 297 g/mol. The van der Waals surface area contributed by atoms with Crippen LogP contribution in [-0.4, -0.2) is 38.3 Å². The monoisotopic (exact) mass is 317 g/mol. The Kier molecular flexibility index (Phi) is 4.17. The van der Waals surface area contributed by atoms with Crippen LogP contribution in [-0.2, 0) is 11.3 Å². The average molecular weight is 317 g/mol. The second-order valence-electron chi connectivity index (χ2n) is 6.09. The summed E-state index contributed by atoms with van der Waals surface area (Å²) in [7, 11) is 0. The lowest BCUT2D eigenvalue weighted by molar-refractivity contribution is -0.133. The van der Waals surface area contributed by atoms with E-state index in [0.29, 0.717) is 13.0 Å². The molecular formula is C17H20FN3O2. The van der Waals surface area contributed by atoms with Gasteiger partial charge in [-0.1, -0.05) is 12.1 Å². The van der Waals surface area contributed by atoms with Crippen LogP contribution in [0, 0.1) is 19.7 Å². The molecule has 6 heteroatoms. The maximum absolute atomic E-state index is 13.1. The van der Waals surface area contributed by atoms with E-state index < -0.39 is 6.10 Å². The Bertz CT molecular complexity index is 711. The number of benzene rings is 1. The number of β-amino-alcohol motifs (C(OH)–C–C–N with tert-alkyl or cyclic N) is 1. The van der Waals surface area contributed by atoms with Crippen molar-refractivity contribution in [3.05, 3.63) is 53.1 Å². The smallest absolute Gasteiger partial charge is 0.244 e. The molecule has 1 aromatic carbocycles. The summed E-state index contributed by atoms with van der Waals surface area (Å²) in [4.78, 5) is 14.3. The van der Waals surface area contributed by atoms with E-state index in [1.54, 1.807) is 21.7 Å². The maximum atomic E-state index is 13.1. The second kappa shape index (κ2) is 6.12.